The summed E-state index contributed by atoms with van der Waals surface area (Å²) >= 11 is 0. The molecule has 84 valence electrons. The Hall–Kier alpha value is -1.29. The van der Waals surface area contributed by atoms with Crippen LogP contribution >= 0.6 is 0 Å². The predicted octanol–water partition coefficient (Wildman–Crippen LogP) is 1.88. The SMILES string of the molecule is COC(=O)CC(C)NC(C)c1ccco1. The van der Waals surface area contributed by atoms with E-state index in [0.29, 0.717) is 6.42 Å². The van der Waals surface area contributed by atoms with Gasteiger partial charge in [-0.2, -0.15) is 0 Å². The summed E-state index contributed by atoms with van der Waals surface area (Å²) in [4.78, 5) is 11.0. The van der Waals surface area contributed by atoms with E-state index in [1.54, 1.807) is 6.26 Å². The highest BCUT2D eigenvalue weighted by Gasteiger charge is 2.14. The number of carbonyl (C=O) groups excluding carboxylic acids is 1. The Labute approximate surface area is 89.6 Å². The molecule has 0 aliphatic rings. The van der Waals surface area contributed by atoms with Gasteiger partial charge in [-0.15, -0.1) is 0 Å². The standard InChI is InChI=1S/C11H17NO3/c1-8(7-11(13)14-3)12-9(2)10-5-4-6-15-10/h4-6,8-9,12H,7H2,1-3H3. The van der Waals surface area contributed by atoms with E-state index in [-0.39, 0.29) is 18.1 Å². The third-order valence-electron chi connectivity index (χ3n) is 2.21. The third-order valence-corrected chi connectivity index (χ3v) is 2.21. The van der Waals surface area contributed by atoms with Crippen LogP contribution in [0.3, 0.4) is 0 Å². The van der Waals surface area contributed by atoms with E-state index in [1.165, 1.54) is 7.11 Å². The number of esters is 1. The largest absolute Gasteiger partial charge is 0.469 e. The fraction of sp³-hybridized carbons (Fsp3) is 0.545. The van der Waals surface area contributed by atoms with Gasteiger partial charge in [0.15, 0.2) is 0 Å². The second kappa shape index (κ2) is 5.56. The van der Waals surface area contributed by atoms with Crippen LogP contribution in [0.4, 0.5) is 0 Å². The lowest BCUT2D eigenvalue weighted by Gasteiger charge is -2.17. The summed E-state index contributed by atoms with van der Waals surface area (Å²) in [5, 5.41) is 3.25. The van der Waals surface area contributed by atoms with Gasteiger partial charge >= 0.3 is 5.97 Å². The van der Waals surface area contributed by atoms with Crippen molar-refractivity contribution in [3.8, 4) is 0 Å². The summed E-state index contributed by atoms with van der Waals surface area (Å²) < 4.78 is 9.84. The van der Waals surface area contributed by atoms with Crippen molar-refractivity contribution in [1.29, 1.82) is 0 Å². The van der Waals surface area contributed by atoms with Gasteiger partial charge in [-0.1, -0.05) is 0 Å². The normalized spacial score (nSPS) is 14.6. The van der Waals surface area contributed by atoms with E-state index in [1.807, 2.05) is 26.0 Å². The number of furan rings is 1. The van der Waals surface area contributed by atoms with Gasteiger partial charge in [0.25, 0.3) is 0 Å². The third kappa shape index (κ3) is 3.75. The van der Waals surface area contributed by atoms with E-state index in [2.05, 4.69) is 10.1 Å². The number of hydrogen-bond acceptors (Lipinski definition) is 4. The van der Waals surface area contributed by atoms with Crippen LogP contribution in [0.5, 0.6) is 0 Å². The number of carbonyl (C=O) groups is 1. The van der Waals surface area contributed by atoms with E-state index >= 15 is 0 Å². The van der Waals surface area contributed by atoms with Gasteiger partial charge in [0.2, 0.25) is 0 Å². The summed E-state index contributed by atoms with van der Waals surface area (Å²) in [5.74, 6) is 0.661. The van der Waals surface area contributed by atoms with Crippen molar-refractivity contribution in [3.63, 3.8) is 0 Å². The van der Waals surface area contributed by atoms with E-state index < -0.39 is 0 Å². The summed E-state index contributed by atoms with van der Waals surface area (Å²) in [5.41, 5.74) is 0. The molecule has 2 unspecified atom stereocenters. The maximum Gasteiger partial charge on any atom is 0.307 e. The average Bonchev–Trinajstić information content (AvgIpc) is 2.70. The van der Waals surface area contributed by atoms with Crippen LogP contribution in [-0.2, 0) is 9.53 Å². The highest BCUT2D eigenvalue weighted by molar-refractivity contribution is 5.69. The van der Waals surface area contributed by atoms with Crippen molar-refractivity contribution in [1.82, 2.24) is 5.32 Å². The molecule has 0 aromatic carbocycles. The second-order valence-electron chi connectivity index (χ2n) is 3.59. The molecule has 0 saturated heterocycles. The van der Waals surface area contributed by atoms with Crippen LogP contribution < -0.4 is 5.32 Å². The number of rotatable bonds is 5. The maximum atomic E-state index is 11.0. The molecule has 2 atom stereocenters. The Morgan fingerprint density at radius 2 is 2.33 bits per heavy atom. The lowest BCUT2D eigenvalue weighted by atomic mass is 10.2. The molecule has 0 saturated carbocycles. The first kappa shape index (κ1) is 11.8. The molecule has 1 aromatic heterocycles. The van der Waals surface area contributed by atoms with Crippen molar-refractivity contribution >= 4 is 5.97 Å². The highest BCUT2D eigenvalue weighted by atomic mass is 16.5. The number of methoxy groups -OCH3 is 1. The van der Waals surface area contributed by atoms with Crippen LogP contribution in [0.25, 0.3) is 0 Å². The minimum atomic E-state index is -0.207. The van der Waals surface area contributed by atoms with Crippen LogP contribution in [0.1, 0.15) is 32.1 Å². The lowest BCUT2D eigenvalue weighted by Crippen LogP contribution is -2.31. The zero-order chi connectivity index (χ0) is 11.3. The first-order chi connectivity index (χ1) is 7.13. The van der Waals surface area contributed by atoms with Gasteiger partial charge in [-0.3, -0.25) is 4.79 Å². The van der Waals surface area contributed by atoms with Gasteiger partial charge in [-0.25, -0.2) is 0 Å². The minimum absolute atomic E-state index is 0.0672. The van der Waals surface area contributed by atoms with E-state index in [4.69, 9.17) is 4.42 Å². The van der Waals surface area contributed by atoms with Gasteiger partial charge in [0, 0.05) is 6.04 Å². The molecule has 1 N–H and O–H groups in total. The fourth-order valence-corrected chi connectivity index (χ4v) is 1.44. The molecule has 4 heteroatoms. The summed E-state index contributed by atoms with van der Waals surface area (Å²) in [7, 11) is 1.39. The zero-order valence-electron chi connectivity index (χ0n) is 9.32. The molecule has 1 aromatic rings. The van der Waals surface area contributed by atoms with E-state index in [0.717, 1.165) is 5.76 Å². The van der Waals surface area contributed by atoms with Crippen LogP contribution in [0.15, 0.2) is 22.8 Å². The van der Waals surface area contributed by atoms with Gasteiger partial charge in [0.05, 0.1) is 25.8 Å². The molecular weight excluding hydrogens is 194 g/mol. The lowest BCUT2D eigenvalue weighted by molar-refractivity contribution is -0.141. The molecule has 0 fully saturated rings. The molecule has 0 radical (unpaired) electrons. The molecule has 0 spiro atoms. The first-order valence-electron chi connectivity index (χ1n) is 4.99. The smallest absolute Gasteiger partial charge is 0.307 e. The zero-order valence-corrected chi connectivity index (χ0v) is 9.32. The highest BCUT2D eigenvalue weighted by Crippen LogP contribution is 2.13. The molecule has 0 aliphatic carbocycles. The van der Waals surface area contributed by atoms with E-state index in [9.17, 15) is 4.79 Å². The Morgan fingerprint density at radius 1 is 1.60 bits per heavy atom. The van der Waals surface area contributed by atoms with Gasteiger partial charge < -0.3 is 14.5 Å². The van der Waals surface area contributed by atoms with Crippen LogP contribution in [0, 0.1) is 0 Å². The Balaban J connectivity index is 2.38. The molecule has 1 heterocycles. The molecule has 0 aliphatic heterocycles. The number of nitrogens with one attached hydrogen (secondary N) is 1. The summed E-state index contributed by atoms with van der Waals surface area (Å²) in [6, 6.07) is 3.92. The fourth-order valence-electron chi connectivity index (χ4n) is 1.44. The first-order valence-corrected chi connectivity index (χ1v) is 4.99. The quantitative estimate of drug-likeness (QED) is 0.755. The monoisotopic (exact) mass is 211 g/mol. The average molecular weight is 211 g/mol. The summed E-state index contributed by atoms with van der Waals surface area (Å²) in [6.07, 6.45) is 2.00. The minimum Gasteiger partial charge on any atom is -0.469 e. The Kier molecular flexibility index (Phi) is 4.37. The van der Waals surface area contributed by atoms with Crippen LogP contribution in [-0.4, -0.2) is 19.1 Å². The predicted molar refractivity (Wildman–Crippen MR) is 56.4 cm³/mol. The van der Waals surface area contributed by atoms with Crippen molar-refractivity contribution in [2.45, 2.75) is 32.4 Å². The van der Waals surface area contributed by atoms with Crippen molar-refractivity contribution < 1.29 is 13.9 Å². The Bertz CT molecular complexity index is 295. The van der Waals surface area contributed by atoms with Crippen molar-refractivity contribution in [2.24, 2.45) is 0 Å². The van der Waals surface area contributed by atoms with Gasteiger partial charge in [-0.05, 0) is 26.0 Å². The second-order valence-corrected chi connectivity index (χ2v) is 3.59. The summed E-state index contributed by atoms with van der Waals surface area (Å²) in [6.45, 7) is 3.93. The molecule has 0 bridgehead atoms. The topological polar surface area (TPSA) is 51.5 Å². The Morgan fingerprint density at radius 3 is 2.87 bits per heavy atom. The molecule has 4 nitrogen and oxygen atoms in total. The number of hydrogen-bond donors (Lipinski definition) is 1. The van der Waals surface area contributed by atoms with Gasteiger partial charge in [0.1, 0.15) is 5.76 Å². The van der Waals surface area contributed by atoms with Crippen molar-refractivity contribution in [3.05, 3.63) is 24.2 Å². The molecule has 1 rings (SSSR count). The molecule has 15 heavy (non-hydrogen) atoms. The molecule has 0 amide bonds. The maximum absolute atomic E-state index is 11.0. The van der Waals surface area contributed by atoms with Crippen molar-refractivity contribution in [2.75, 3.05) is 7.11 Å². The number of ether oxygens (including phenoxy) is 1. The van der Waals surface area contributed by atoms with Crippen LogP contribution in [0.2, 0.25) is 0 Å². The molecular formula is C11H17NO3.